The third kappa shape index (κ3) is 3.21. The fourth-order valence-corrected chi connectivity index (χ4v) is 3.04. The summed E-state index contributed by atoms with van der Waals surface area (Å²) in [6.45, 7) is 1.86. The molecule has 0 bridgehead atoms. The van der Waals surface area contributed by atoms with E-state index in [0.29, 0.717) is 11.6 Å². The van der Waals surface area contributed by atoms with E-state index < -0.39 is 11.1 Å². The van der Waals surface area contributed by atoms with Gasteiger partial charge in [-0.3, -0.25) is 4.98 Å². The van der Waals surface area contributed by atoms with Crippen molar-refractivity contribution in [3.8, 4) is 22.8 Å². The molecule has 1 atom stereocenters. The highest BCUT2D eigenvalue weighted by molar-refractivity contribution is 7.80. The van der Waals surface area contributed by atoms with Gasteiger partial charge in [0.25, 0.3) is 5.89 Å². The lowest BCUT2D eigenvalue weighted by Gasteiger charge is -2.07. The molecule has 3 aromatic heterocycles. The van der Waals surface area contributed by atoms with Crippen LogP contribution in [0.3, 0.4) is 0 Å². The summed E-state index contributed by atoms with van der Waals surface area (Å²) in [4.78, 5) is 8.30. The Morgan fingerprint density at radius 3 is 2.70 bits per heavy atom. The van der Waals surface area contributed by atoms with Gasteiger partial charge >= 0.3 is 0 Å². The Kier molecular flexibility index (Phi) is 4.44. The first-order valence-electron chi connectivity index (χ1n) is 8.12. The lowest BCUT2D eigenvalue weighted by atomic mass is 10.1. The van der Waals surface area contributed by atoms with Gasteiger partial charge in [-0.15, -0.1) is 10.2 Å². The molecule has 0 aliphatic carbocycles. The quantitative estimate of drug-likeness (QED) is 0.545. The summed E-state index contributed by atoms with van der Waals surface area (Å²) in [6, 6.07) is 8.39. The lowest BCUT2D eigenvalue weighted by Crippen LogP contribution is -2.05. The Morgan fingerprint density at radius 1 is 1.15 bits per heavy atom. The lowest BCUT2D eigenvalue weighted by molar-refractivity contribution is 0.420. The van der Waals surface area contributed by atoms with Crippen molar-refractivity contribution in [3.05, 3.63) is 65.8 Å². The predicted octanol–water partition coefficient (Wildman–Crippen LogP) is 3.39. The molecule has 0 aliphatic heterocycles. The van der Waals surface area contributed by atoms with Crippen molar-refractivity contribution in [3.63, 3.8) is 0 Å². The molecule has 0 N–H and O–H groups in total. The number of halogens is 1. The van der Waals surface area contributed by atoms with Crippen molar-refractivity contribution >= 4 is 12.6 Å². The molecule has 0 saturated heterocycles. The average molecular weight is 382 g/mol. The SMILES string of the molecule is Cc1ccc(F)c(-c2nc(C(S)c3nnc(-c4ccncc4)n3C)no2)c1. The number of benzene rings is 1. The van der Waals surface area contributed by atoms with Crippen molar-refractivity contribution in [2.75, 3.05) is 0 Å². The molecule has 4 aromatic rings. The smallest absolute Gasteiger partial charge is 0.260 e. The van der Waals surface area contributed by atoms with Crippen LogP contribution in [0.15, 0.2) is 47.2 Å². The van der Waals surface area contributed by atoms with E-state index in [9.17, 15) is 4.39 Å². The molecule has 1 unspecified atom stereocenters. The minimum absolute atomic E-state index is 0.0989. The molecule has 27 heavy (non-hydrogen) atoms. The van der Waals surface area contributed by atoms with Crippen molar-refractivity contribution in [1.82, 2.24) is 29.9 Å². The minimum atomic E-state index is -0.580. The summed E-state index contributed by atoms with van der Waals surface area (Å²) in [7, 11) is 1.83. The minimum Gasteiger partial charge on any atom is -0.334 e. The first-order valence-corrected chi connectivity index (χ1v) is 8.64. The predicted molar refractivity (Wildman–Crippen MR) is 99.5 cm³/mol. The van der Waals surface area contributed by atoms with Crippen LogP contribution in [0.2, 0.25) is 0 Å². The summed E-state index contributed by atoms with van der Waals surface area (Å²) in [5.74, 6) is 1.17. The summed E-state index contributed by atoms with van der Waals surface area (Å²) in [5, 5.41) is 11.8. The molecule has 136 valence electrons. The van der Waals surface area contributed by atoms with Crippen LogP contribution in [0.5, 0.6) is 0 Å². The molecule has 3 heterocycles. The molecular formula is C18H15FN6OS. The number of hydrogen-bond donors (Lipinski definition) is 1. The van der Waals surface area contributed by atoms with E-state index in [1.807, 2.05) is 26.1 Å². The van der Waals surface area contributed by atoms with Gasteiger partial charge in [0.05, 0.1) is 5.56 Å². The maximum atomic E-state index is 14.1. The molecule has 0 saturated carbocycles. The third-order valence-electron chi connectivity index (χ3n) is 4.13. The van der Waals surface area contributed by atoms with Gasteiger partial charge in [-0.05, 0) is 31.2 Å². The van der Waals surface area contributed by atoms with Crippen LogP contribution < -0.4 is 0 Å². The van der Waals surface area contributed by atoms with Gasteiger partial charge in [0.15, 0.2) is 17.5 Å². The number of pyridine rings is 1. The standard InChI is InChI=1S/C18H15FN6OS/c1-10-3-4-13(19)12(9-10)18-21-15(24-26-18)14(27)17-23-22-16(25(17)2)11-5-7-20-8-6-11/h3-9,14,27H,1-2H3. The number of hydrogen-bond acceptors (Lipinski definition) is 7. The first-order chi connectivity index (χ1) is 13.0. The highest BCUT2D eigenvalue weighted by atomic mass is 32.1. The Bertz CT molecular complexity index is 1090. The van der Waals surface area contributed by atoms with Gasteiger partial charge < -0.3 is 9.09 Å². The number of nitrogens with zero attached hydrogens (tertiary/aromatic N) is 6. The molecule has 7 nitrogen and oxygen atoms in total. The largest absolute Gasteiger partial charge is 0.334 e. The van der Waals surface area contributed by atoms with E-state index in [0.717, 1.165) is 11.1 Å². The summed E-state index contributed by atoms with van der Waals surface area (Å²) < 4.78 is 21.1. The third-order valence-corrected chi connectivity index (χ3v) is 4.59. The van der Waals surface area contributed by atoms with Gasteiger partial charge in [-0.25, -0.2) is 4.39 Å². The number of aromatic nitrogens is 6. The zero-order valence-corrected chi connectivity index (χ0v) is 15.4. The molecule has 0 spiro atoms. The molecule has 0 radical (unpaired) electrons. The summed E-state index contributed by atoms with van der Waals surface area (Å²) in [6.07, 6.45) is 3.37. The van der Waals surface area contributed by atoms with Crippen molar-refractivity contribution in [1.29, 1.82) is 0 Å². The summed E-state index contributed by atoms with van der Waals surface area (Å²) >= 11 is 4.56. The summed E-state index contributed by atoms with van der Waals surface area (Å²) in [5.41, 5.74) is 2.02. The second-order valence-electron chi connectivity index (χ2n) is 6.02. The van der Waals surface area contributed by atoms with E-state index in [2.05, 4.69) is 38.0 Å². The molecular weight excluding hydrogens is 367 g/mol. The molecule has 4 rings (SSSR count). The van der Waals surface area contributed by atoms with Gasteiger partial charge in [0.2, 0.25) is 0 Å². The number of aryl methyl sites for hydroxylation is 1. The Labute approximate surface area is 159 Å². The first kappa shape index (κ1) is 17.3. The number of thiol groups is 1. The maximum absolute atomic E-state index is 14.1. The number of rotatable bonds is 4. The highest BCUT2D eigenvalue weighted by Gasteiger charge is 2.24. The second-order valence-corrected chi connectivity index (χ2v) is 6.54. The van der Waals surface area contributed by atoms with Gasteiger partial charge in [0.1, 0.15) is 11.1 Å². The van der Waals surface area contributed by atoms with Crippen LogP contribution in [-0.4, -0.2) is 29.9 Å². The average Bonchev–Trinajstić information content (AvgIpc) is 3.31. The monoisotopic (exact) mass is 382 g/mol. The topological polar surface area (TPSA) is 82.5 Å². The fourth-order valence-electron chi connectivity index (χ4n) is 2.71. The van der Waals surface area contributed by atoms with Crippen LogP contribution in [0.1, 0.15) is 22.5 Å². The van der Waals surface area contributed by atoms with E-state index in [4.69, 9.17) is 4.52 Å². The van der Waals surface area contributed by atoms with E-state index in [1.54, 1.807) is 29.1 Å². The molecule has 9 heteroatoms. The van der Waals surface area contributed by atoms with E-state index in [-0.39, 0.29) is 17.3 Å². The molecule has 1 aromatic carbocycles. The second kappa shape index (κ2) is 6.92. The van der Waals surface area contributed by atoms with Gasteiger partial charge in [0, 0.05) is 25.0 Å². The normalized spacial score (nSPS) is 12.3. The van der Waals surface area contributed by atoms with Crippen LogP contribution in [0.4, 0.5) is 4.39 Å². The van der Waals surface area contributed by atoms with Crippen molar-refractivity contribution < 1.29 is 8.91 Å². The fraction of sp³-hybridized carbons (Fsp3) is 0.167. The zero-order valence-electron chi connectivity index (χ0n) is 14.5. The van der Waals surface area contributed by atoms with Crippen LogP contribution in [-0.2, 0) is 7.05 Å². The maximum Gasteiger partial charge on any atom is 0.260 e. The van der Waals surface area contributed by atoms with Crippen molar-refractivity contribution in [2.24, 2.45) is 7.05 Å². The van der Waals surface area contributed by atoms with Gasteiger partial charge in [-0.2, -0.15) is 17.6 Å². The molecule has 0 amide bonds. The van der Waals surface area contributed by atoms with E-state index in [1.165, 1.54) is 6.07 Å². The van der Waals surface area contributed by atoms with Crippen LogP contribution in [0, 0.1) is 12.7 Å². The highest BCUT2D eigenvalue weighted by Crippen LogP contribution is 2.30. The molecule has 0 fully saturated rings. The van der Waals surface area contributed by atoms with Crippen LogP contribution >= 0.6 is 12.6 Å². The van der Waals surface area contributed by atoms with Crippen LogP contribution in [0.25, 0.3) is 22.8 Å². The van der Waals surface area contributed by atoms with Crippen molar-refractivity contribution in [2.45, 2.75) is 12.2 Å². The Balaban J connectivity index is 1.67. The Morgan fingerprint density at radius 2 is 1.93 bits per heavy atom. The van der Waals surface area contributed by atoms with E-state index >= 15 is 0 Å². The molecule has 0 aliphatic rings. The zero-order chi connectivity index (χ0) is 19.0. The Hall–Kier alpha value is -3.07. The van der Waals surface area contributed by atoms with Gasteiger partial charge in [-0.1, -0.05) is 16.8 Å².